The summed E-state index contributed by atoms with van der Waals surface area (Å²) in [5, 5.41) is 14.2. The van der Waals surface area contributed by atoms with Crippen molar-refractivity contribution in [3.63, 3.8) is 0 Å². The van der Waals surface area contributed by atoms with Crippen molar-refractivity contribution < 1.29 is 14.7 Å². The molecule has 0 saturated heterocycles. The number of nitrogens with zero attached hydrogens (tertiary/aromatic N) is 2. The van der Waals surface area contributed by atoms with Crippen LogP contribution in [-0.2, 0) is 17.6 Å². The van der Waals surface area contributed by atoms with Crippen molar-refractivity contribution in [1.29, 1.82) is 0 Å². The highest BCUT2D eigenvalue weighted by atomic mass is 32.1. The Kier molecular flexibility index (Phi) is 5.04. The van der Waals surface area contributed by atoms with Gasteiger partial charge in [0.15, 0.2) is 0 Å². The van der Waals surface area contributed by atoms with Crippen LogP contribution in [0.25, 0.3) is 0 Å². The number of carboxylic acids is 1. The minimum absolute atomic E-state index is 0.146. The smallest absolute Gasteiger partial charge is 0.326 e. The summed E-state index contributed by atoms with van der Waals surface area (Å²) >= 11 is 1.41. The molecule has 0 radical (unpaired) electrons. The van der Waals surface area contributed by atoms with Gasteiger partial charge in [-0.3, -0.25) is 4.79 Å². The highest BCUT2D eigenvalue weighted by molar-refractivity contribution is 7.09. The number of aliphatic carboxylic acids is 1. The number of carboxylic acid groups (broad SMARTS) is 1. The average Bonchev–Trinajstić information content (AvgIpc) is 3.09. The number of rotatable bonds is 7. The number of aryl methyl sites for hydroxylation is 1. The molecule has 8 heteroatoms. The number of amides is 1. The third kappa shape index (κ3) is 4.12. The van der Waals surface area contributed by atoms with Gasteiger partial charge >= 0.3 is 5.97 Å². The van der Waals surface area contributed by atoms with E-state index >= 15 is 0 Å². The van der Waals surface area contributed by atoms with Crippen LogP contribution in [0.5, 0.6) is 0 Å². The van der Waals surface area contributed by atoms with Crippen LogP contribution in [0.1, 0.15) is 34.5 Å². The summed E-state index contributed by atoms with van der Waals surface area (Å²) in [6.45, 7) is 2.03. The zero-order valence-electron chi connectivity index (χ0n) is 11.5. The van der Waals surface area contributed by atoms with Crippen LogP contribution < -0.4 is 5.32 Å². The van der Waals surface area contributed by atoms with Gasteiger partial charge in [-0.15, -0.1) is 11.3 Å². The maximum Gasteiger partial charge on any atom is 0.326 e. The van der Waals surface area contributed by atoms with Gasteiger partial charge in [0.2, 0.25) is 0 Å². The zero-order valence-corrected chi connectivity index (χ0v) is 12.3. The van der Waals surface area contributed by atoms with Crippen LogP contribution in [0.2, 0.25) is 0 Å². The Morgan fingerprint density at radius 3 is 2.95 bits per heavy atom. The van der Waals surface area contributed by atoms with Crippen molar-refractivity contribution in [1.82, 2.24) is 20.3 Å². The van der Waals surface area contributed by atoms with E-state index in [0.29, 0.717) is 5.69 Å². The molecule has 0 bridgehead atoms. The molecule has 0 aliphatic rings. The van der Waals surface area contributed by atoms with Gasteiger partial charge in [-0.2, -0.15) is 0 Å². The Morgan fingerprint density at radius 2 is 2.33 bits per heavy atom. The lowest BCUT2D eigenvalue weighted by molar-refractivity contribution is -0.139. The molecule has 0 spiro atoms. The SMILES string of the molecule is CCCc1nc(C(=O)N[C@@H](Cc2cnc[nH]2)C(=O)O)cs1. The molecule has 2 aromatic rings. The lowest BCUT2D eigenvalue weighted by Crippen LogP contribution is -2.42. The number of thiazole rings is 1. The fourth-order valence-corrected chi connectivity index (χ4v) is 2.67. The lowest BCUT2D eigenvalue weighted by atomic mass is 10.1. The largest absolute Gasteiger partial charge is 0.480 e. The van der Waals surface area contributed by atoms with Gasteiger partial charge in [0.25, 0.3) is 5.91 Å². The Hall–Kier alpha value is -2.22. The summed E-state index contributed by atoms with van der Waals surface area (Å²) in [7, 11) is 0. The number of aromatic amines is 1. The molecule has 112 valence electrons. The van der Waals surface area contributed by atoms with Gasteiger partial charge in [-0.05, 0) is 12.8 Å². The second kappa shape index (κ2) is 6.98. The molecule has 1 amide bonds. The first-order valence-electron chi connectivity index (χ1n) is 6.55. The first kappa shape index (κ1) is 15.2. The van der Waals surface area contributed by atoms with E-state index in [-0.39, 0.29) is 12.1 Å². The van der Waals surface area contributed by atoms with Gasteiger partial charge < -0.3 is 15.4 Å². The third-order valence-corrected chi connectivity index (χ3v) is 3.74. The predicted octanol–water partition coefficient (Wildman–Crippen LogP) is 1.24. The number of carbonyl (C=O) groups excluding carboxylic acids is 1. The fraction of sp³-hybridized carbons (Fsp3) is 0.385. The van der Waals surface area contributed by atoms with E-state index in [1.807, 2.05) is 6.92 Å². The van der Waals surface area contributed by atoms with Crippen molar-refractivity contribution in [2.75, 3.05) is 0 Å². The first-order valence-corrected chi connectivity index (χ1v) is 7.43. The van der Waals surface area contributed by atoms with E-state index in [9.17, 15) is 14.7 Å². The van der Waals surface area contributed by atoms with Crippen LogP contribution in [-0.4, -0.2) is 38.0 Å². The minimum atomic E-state index is -1.10. The van der Waals surface area contributed by atoms with Crippen molar-refractivity contribution in [3.05, 3.63) is 34.3 Å². The van der Waals surface area contributed by atoms with E-state index in [1.54, 1.807) is 5.38 Å². The number of aromatic nitrogens is 3. The predicted molar refractivity (Wildman–Crippen MR) is 77.3 cm³/mol. The number of hydrogen-bond acceptors (Lipinski definition) is 5. The molecule has 0 aliphatic heterocycles. The Labute approximate surface area is 125 Å². The molecule has 0 aromatic carbocycles. The van der Waals surface area contributed by atoms with Crippen LogP contribution in [0, 0.1) is 0 Å². The van der Waals surface area contributed by atoms with Crippen molar-refractivity contribution in [2.24, 2.45) is 0 Å². The van der Waals surface area contributed by atoms with E-state index in [1.165, 1.54) is 23.9 Å². The molecular weight excluding hydrogens is 292 g/mol. The normalized spacial score (nSPS) is 12.0. The van der Waals surface area contributed by atoms with Crippen LogP contribution in [0.15, 0.2) is 17.9 Å². The van der Waals surface area contributed by atoms with Crippen molar-refractivity contribution in [3.8, 4) is 0 Å². The fourth-order valence-electron chi connectivity index (χ4n) is 1.79. The number of carbonyl (C=O) groups is 2. The molecular formula is C13H16N4O3S. The molecule has 3 N–H and O–H groups in total. The Bertz CT molecular complexity index is 609. The Balaban J connectivity index is 2.01. The molecule has 0 unspecified atom stereocenters. The molecule has 0 aliphatic carbocycles. The number of hydrogen-bond donors (Lipinski definition) is 3. The van der Waals surface area contributed by atoms with Gasteiger partial charge in [0, 0.05) is 23.7 Å². The van der Waals surface area contributed by atoms with E-state index in [0.717, 1.165) is 17.8 Å². The third-order valence-electron chi connectivity index (χ3n) is 2.83. The molecule has 7 nitrogen and oxygen atoms in total. The summed E-state index contributed by atoms with van der Waals surface area (Å²) in [6.07, 6.45) is 4.91. The standard InChI is InChI=1S/C13H16N4O3S/c1-2-3-11-16-10(6-21-11)12(18)17-9(13(19)20)4-8-5-14-7-15-8/h5-7,9H,2-4H2,1H3,(H,14,15)(H,17,18)(H,19,20)/t9-/m0/s1. The lowest BCUT2D eigenvalue weighted by Gasteiger charge is -2.12. The second-order valence-electron chi connectivity index (χ2n) is 4.52. The molecule has 2 heterocycles. The first-order chi connectivity index (χ1) is 10.1. The highest BCUT2D eigenvalue weighted by Crippen LogP contribution is 2.12. The summed E-state index contributed by atoms with van der Waals surface area (Å²) in [4.78, 5) is 34.1. The van der Waals surface area contributed by atoms with Crippen molar-refractivity contribution in [2.45, 2.75) is 32.2 Å². The van der Waals surface area contributed by atoms with E-state index < -0.39 is 17.9 Å². The zero-order chi connectivity index (χ0) is 15.2. The summed E-state index contributed by atoms with van der Waals surface area (Å²) in [5.74, 6) is -1.57. The van der Waals surface area contributed by atoms with Gasteiger partial charge in [0.05, 0.1) is 11.3 Å². The van der Waals surface area contributed by atoms with Crippen molar-refractivity contribution >= 4 is 23.2 Å². The number of nitrogens with one attached hydrogen (secondary N) is 2. The quantitative estimate of drug-likeness (QED) is 0.713. The Morgan fingerprint density at radius 1 is 1.52 bits per heavy atom. The topological polar surface area (TPSA) is 108 Å². The summed E-state index contributed by atoms with van der Waals surface area (Å²) < 4.78 is 0. The van der Waals surface area contributed by atoms with Gasteiger partial charge in [-0.1, -0.05) is 6.92 Å². The van der Waals surface area contributed by atoms with Crippen LogP contribution >= 0.6 is 11.3 Å². The van der Waals surface area contributed by atoms with Gasteiger partial charge in [-0.25, -0.2) is 14.8 Å². The van der Waals surface area contributed by atoms with E-state index in [2.05, 4.69) is 20.3 Å². The monoisotopic (exact) mass is 308 g/mol. The van der Waals surface area contributed by atoms with Crippen LogP contribution in [0.3, 0.4) is 0 Å². The molecule has 0 fully saturated rings. The maximum absolute atomic E-state index is 12.0. The van der Waals surface area contributed by atoms with E-state index in [4.69, 9.17) is 0 Å². The average molecular weight is 308 g/mol. The van der Waals surface area contributed by atoms with Crippen LogP contribution in [0.4, 0.5) is 0 Å². The minimum Gasteiger partial charge on any atom is -0.480 e. The second-order valence-corrected chi connectivity index (χ2v) is 5.46. The summed E-state index contributed by atoms with van der Waals surface area (Å²) in [5.41, 5.74) is 0.909. The molecule has 21 heavy (non-hydrogen) atoms. The molecule has 2 rings (SSSR count). The molecule has 1 atom stereocenters. The van der Waals surface area contributed by atoms with Gasteiger partial charge in [0.1, 0.15) is 11.7 Å². The number of imidazole rings is 1. The summed E-state index contributed by atoms with van der Waals surface area (Å²) in [6, 6.07) is -1.02. The molecule has 0 saturated carbocycles. The molecule has 2 aromatic heterocycles. The highest BCUT2D eigenvalue weighted by Gasteiger charge is 2.22. The number of H-pyrrole nitrogens is 1. The maximum atomic E-state index is 12.0.